The molecule has 5 heteroatoms. The SMILES string of the molecule is COc1ccccc1NC(=O)N1CCN(CC(C)C)CC1. The van der Waals surface area contributed by atoms with E-state index in [-0.39, 0.29) is 6.03 Å². The van der Waals surface area contributed by atoms with E-state index in [1.165, 1.54) is 0 Å². The van der Waals surface area contributed by atoms with E-state index in [4.69, 9.17) is 4.74 Å². The van der Waals surface area contributed by atoms with E-state index in [1.807, 2.05) is 29.2 Å². The van der Waals surface area contributed by atoms with Gasteiger partial charge in [0.15, 0.2) is 0 Å². The molecule has 1 aromatic rings. The third kappa shape index (κ3) is 4.36. The fourth-order valence-corrected chi connectivity index (χ4v) is 2.59. The summed E-state index contributed by atoms with van der Waals surface area (Å²) in [6.45, 7) is 8.97. The summed E-state index contributed by atoms with van der Waals surface area (Å²) in [4.78, 5) is 16.6. The number of amides is 2. The largest absolute Gasteiger partial charge is 0.495 e. The van der Waals surface area contributed by atoms with Crippen molar-refractivity contribution in [1.82, 2.24) is 9.80 Å². The van der Waals surface area contributed by atoms with Crippen LogP contribution in [-0.4, -0.2) is 55.7 Å². The number of nitrogens with zero attached hydrogens (tertiary/aromatic N) is 2. The smallest absolute Gasteiger partial charge is 0.322 e. The lowest BCUT2D eigenvalue weighted by atomic mass is 10.2. The van der Waals surface area contributed by atoms with Crippen LogP contribution < -0.4 is 10.1 Å². The lowest BCUT2D eigenvalue weighted by Crippen LogP contribution is -2.50. The highest BCUT2D eigenvalue weighted by atomic mass is 16.5. The highest BCUT2D eigenvalue weighted by Crippen LogP contribution is 2.23. The predicted octanol–water partition coefficient (Wildman–Crippen LogP) is 2.50. The van der Waals surface area contributed by atoms with Crippen molar-refractivity contribution in [1.29, 1.82) is 0 Å². The van der Waals surface area contributed by atoms with E-state index in [2.05, 4.69) is 24.1 Å². The molecule has 0 bridgehead atoms. The number of benzene rings is 1. The molecule has 0 spiro atoms. The van der Waals surface area contributed by atoms with E-state index >= 15 is 0 Å². The topological polar surface area (TPSA) is 44.8 Å². The molecular weight excluding hydrogens is 266 g/mol. The van der Waals surface area contributed by atoms with Crippen molar-refractivity contribution in [3.05, 3.63) is 24.3 Å². The van der Waals surface area contributed by atoms with Crippen LogP contribution in [0, 0.1) is 5.92 Å². The van der Waals surface area contributed by atoms with E-state index in [9.17, 15) is 4.79 Å². The molecule has 1 saturated heterocycles. The average molecular weight is 291 g/mol. The van der Waals surface area contributed by atoms with Crippen LogP contribution >= 0.6 is 0 Å². The second-order valence-electron chi connectivity index (χ2n) is 5.81. The number of methoxy groups -OCH3 is 1. The first kappa shape index (κ1) is 15.6. The van der Waals surface area contributed by atoms with E-state index in [1.54, 1.807) is 7.11 Å². The van der Waals surface area contributed by atoms with Gasteiger partial charge >= 0.3 is 6.03 Å². The Kier molecular flexibility index (Phi) is 5.44. The third-order valence-corrected chi connectivity index (χ3v) is 3.63. The van der Waals surface area contributed by atoms with Crippen LogP contribution in [0.3, 0.4) is 0 Å². The van der Waals surface area contributed by atoms with Gasteiger partial charge in [-0.2, -0.15) is 0 Å². The van der Waals surface area contributed by atoms with Gasteiger partial charge in [0.25, 0.3) is 0 Å². The fraction of sp³-hybridized carbons (Fsp3) is 0.562. The summed E-state index contributed by atoms with van der Waals surface area (Å²) in [5.41, 5.74) is 0.717. The van der Waals surface area contributed by atoms with E-state index in [0.29, 0.717) is 11.7 Å². The summed E-state index contributed by atoms with van der Waals surface area (Å²) in [5, 5.41) is 2.93. The van der Waals surface area contributed by atoms with Crippen molar-refractivity contribution in [2.24, 2.45) is 5.92 Å². The Bertz CT molecular complexity index is 468. The zero-order valence-corrected chi connectivity index (χ0v) is 13.1. The number of ether oxygens (including phenoxy) is 1. The van der Waals surface area contributed by atoms with E-state index in [0.717, 1.165) is 38.4 Å². The minimum Gasteiger partial charge on any atom is -0.495 e. The first-order valence-electron chi connectivity index (χ1n) is 7.51. The van der Waals surface area contributed by atoms with Crippen LogP contribution in [0.2, 0.25) is 0 Å². The number of carbonyl (C=O) groups excluding carboxylic acids is 1. The highest BCUT2D eigenvalue weighted by Gasteiger charge is 2.21. The van der Waals surface area contributed by atoms with Crippen LogP contribution in [0.4, 0.5) is 10.5 Å². The Balaban J connectivity index is 1.87. The molecule has 1 heterocycles. The number of piperazine rings is 1. The molecule has 0 radical (unpaired) electrons. The second kappa shape index (κ2) is 7.31. The molecule has 1 fully saturated rings. The van der Waals surface area contributed by atoms with E-state index < -0.39 is 0 Å². The third-order valence-electron chi connectivity index (χ3n) is 3.63. The van der Waals surface area contributed by atoms with Crippen molar-refractivity contribution >= 4 is 11.7 Å². The monoisotopic (exact) mass is 291 g/mol. The lowest BCUT2D eigenvalue weighted by molar-refractivity contribution is 0.138. The Hall–Kier alpha value is -1.75. The molecule has 1 aliphatic rings. The van der Waals surface area contributed by atoms with Crippen LogP contribution in [0.15, 0.2) is 24.3 Å². The molecule has 5 nitrogen and oxygen atoms in total. The minimum absolute atomic E-state index is 0.0521. The normalized spacial score (nSPS) is 16.1. The molecule has 0 saturated carbocycles. The zero-order valence-electron chi connectivity index (χ0n) is 13.1. The number of urea groups is 1. The summed E-state index contributed by atoms with van der Waals surface area (Å²) in [6.07, 6.45) is 0. The van der Waals surface area contributed by atoms with Gasteiger partial charge in [0.1, 0.15) is 5.75 Å². The summed E-state index contributed by atoms with van der Waals surface area (Å²) < 4.78 is 5.25. The quantitative estimate of drug-likeness (QED) is 0.927. The Morgan fingerprint density at radius 3 is 2.52 bits per heavy atom. The summed E-state index contributed by atoms with van der Waals surface area (Å²) in [6, 6.07) is 7.42. The first-order valence-corrected chi connectivity index (χ1v) is 7.51. The van der Waals surface area contributed by atoms with Gasteiger partial charge in [-0.25, -0.2) is 4.79 Å². The highest BCUT2D eigenvalue weighted by molar-refractivity contribution is 5.91. The Morgan fingerprint density at radius 1 is 1.24 bits per heavy atom. The van der Waals surface area contributed by atoms with Crippen molar-refractivity contribution in [2.75, 3.05) is 45.2 Å². The van der Waals surface area contributed by atoms with Gasteiger partial charge in [0.2, 0.25) is 0 Å². The Morgan fingerprint density at radius 2 is 1.90 bits per heavy atom. The van der Waals surface area contributed by atoms with Gasteiger partial charge < -0.3 is 15.0 Å². The summed E-state index contributed by atoms with van der Waals surface area (Å²) >= 11 is 0. The summed E-state index contributed by atoms with van der Waals surface area (Å²) in [5.74, 6) is 1.35. The molecule has 2 rings (SSSR count). The molecule has 2 amide bonds. The lowest BCUT2D eigenvalue weighted by Gasteiger charge is -2.35. The number of hydrogen-bond donors (Lipinski definition) is 1. The Labute approximate surface area is 126 Å². The number of rotatable bonds is 4. The van der Waals surface area contributed by atoms with Crippen LogP contribution in [0.1, 0.15) is 13.8 Å². The van der Waals surface area contributed by atoms with Crippen LogP contribution in [0.25, 0.3) is 0 Å². The average Bonchev–Trinajstić information content (AvgIpc) is 2.48. The van der Waals surface area contributed by atoms with Crippen LogP contribution in [-0.2, 0) is 0 Å². The number of para-hydroxylation sites is 2. The molecule has 0 aliphatic carbocycles. The maximum Gasteiger partial charge on any atom is 0.322 e. The fourth-order valence-electron chi connectivity index (χ4n) is 2.59. The van der Waals surface area contributed by atoms with Crippen molar-refractivity contribution in [3.8, 4) is 5.75 Å². The molecule has 116 valence electrons. The van der Waals surface area contributed by atoms with Crippen molar-refractivity contribution in [2.45, 2.75) is 13.8 Å². The number of nitrogens with one attached hydrogen (secondary N) is 1. The maximum atomic E-state index is 12.3. The van der Waals surface area contributed by atoms with Gasteiger partial charge in [-0.05, 0) is 18.1 Å². The number of hydrogen-bond acceptors (Lipinski definition) is 3. The van der Waals surface area contributed by atoms with Gasteiger partial charge in [0, 0.05) is 32.7 Å². The van der Waals surface area contributed by atoms with Gasteiger partial charge in [-0.1, -0.05) is 26.0 Å². The van der Waals surface area contributed by atoms with Crippen molar-refractivity contribution in [3.63, 3.8) is 0 Å². The first-order chi connectivity index (χ1) is 10.1. The maximum absolute atomic E-state index is 12.3. The molecule has 0 unspecified atom stereocenters. The van der Waals surface area contributed by atoms with Crippen molar-refractivity contribution < 1.29 is 9.53 Å². The molecule has 21 heavy (non-hydrogen) atoms. The number of carbonyl (C=O) groups is 1. The summed E-state index contributed by atoms with van der Waals surface area (Å²) in [7, 11) is 1.61. The molecule has 0 aromatic heterocycles. The predicted molar refractivity (Wildman–Crippen MR) is 84.9 cm³/mol. The van der Waals surface area contributed by atoms with Gasteiger partial charge in [0.05, 0.1) is 12.8 Å². The van der Waals surface area contributed by atoms with Gasteiger partial charge in [-0.15, -0.1) is 0 Å². The molecular formula is C16H25N3O2. The minimum atomic E-state index is -0.0521. The van der Waals surface area contributed by atoms with Crippen LogP contribution in [0.5, 0.6) is 5.75 Å². The molecule has 1 N–H and O–H groups in total. The molecule has 1 aliphatic heterocycles. The second-order valence-corrected chi connectivity index (χ2v) is 5.81. The number of anilines is 1. The molecule has 0 atom stereocenters. The standard InChI is InChI=1S/C16H25N3O2/c1-13(2)12-18-8-10-19(11-9-18)16(20)17-14-6-4-5-7-15(14)21-3/h4-7,13H,8-12H2,1-3H3,(H,17,20). The zero-order chi connectivity index (χ0) is 15.2. The van der Waals surface area contributed by atoms with Gasteiger partial charge in [-0.3, -0.25) is 4.90 Å². The molecule has 1 aromatic carbocycles.